The van der Waals surface area contributed by atoms with Gasteiger partial charge in [0.2, 0.25) is 0 Å². The van der Waals surface area contributed by atoms with Gasteiger partial charge in [0, 0.05) is 6.20 Å². The van der Waals surface area contributed by atoms with E-state index in [0.29, 0.717) is 12.4 Å². The summed E-state index contributed by atoms with van der Waals surface area (Å²) in [5.41, 5.74) is 6.90. The molecule has 17 heavy (non-hydrogen) atoms. The van der Waals surface area contributed by atoms with Crippen LogP contribution in [0.4, 0.5) is 5.82 Å². The number of anilines is 1. The van der Waals surface area contributed by atoms with E-state index < -0.39 is 0 Å². The fraction of sp³-hybridized carbons (Fsp3) is 0.231. The standard InChI is InChI=1S/C13H16N4/c14-12-7-9-16-13(17-12)10-15-8-6-11-4-2-1-3-5-11/h1-5,7,9,15H,6,8,10H2,(H2,14,16,17). The molecule has 1 heterocycles. The first-order chi connectivity index (χ1) is 8.34. The Morgan fingerprint density at radius 1 is 1.12 bits per heavy atom. The van der Waals surface area contributed by atoms with Crippen molar-refractivity contribution in [2.75, 3.05) is 12.3 Å². The Morgan fingerprint density at radius 3 is 2.71 bits per heavy atom. The zero-order valence-electron chi connectivity index (χ0n) is 9.63. The van der Waals surface area contributed by atoms with Gasteiger partial charge in [0.15, 0.2) is 0 Å². The highest BCUT2D eigenvalue weighted by atomic mass is 15.0. The van der Waals surface area contributed by atoms with Crippen LogP contribution in [0.5, 0.6) is 0 Å². The molecule has 0 atom stereocenters. The normalized spacial score (nSPS) is 10.4. The Labute approximate surface area is 101 Å². The molecule has 4 heteroatoms. The van der Waals surface area contributed by atoms with Gasteiger partial charge in [0.1, 0.15) is 11.6 Å². The van der Waals surface area contributed by atoms with Gasteiger partial charge in [-0.05, 0) is 24.6 Å². The molecule has 0 aliphatic heterocycles. The van der Waals surface area contributed by atoms with E-state index in [1.54, 1.807) is 12.3 Å². The summed E-state index contributed by atoms with van der Waals surface area (Å²) in [6.45, 7) is 1.56. The molecule has 3 N–H and O–H groups in total. The molecule has 0 aliphatic rings. The fourth-order valence-corrected chi connectivity index (χ4v) is 1.58. The van der Waals surface area contributed by atoms with Gasteiger partial charge in [-0.1, -0.05) is 30.3 Å². The van der Waals surface area contributed by atoms with Crippen molar-refractivity contribution in [3.8, 4) is 0 Å². The lowest BCUT2D eigenvalue weighted by atomic mass is 10.1. The molecule has 1 aromatic heterocycles. The maximum atomic E-state index is 5.58. The van der Waals surface area contributed by atoms with Crippen molar-refractivity contribution >= 4 is 5.82 Å². The number of nitrogens with two attached hydrogens (primary N) is 1. The largest absolute Gasteiger partial charge is 0.384 e. The molecular formula is C13H16N4. The topological polar surface area (TPSA) is 63.8 Å². The Kier molecular flexibility index (Phi) is 4.05. The third-order valence-corrected chi connectivity index (χ3v) is 2.44. The Hall–Kier alpha value is -1.94. The van der Waals surface area contributed by atoms with Gasteiger partial charge >= 0.3 is 0 Å². The highest BCUT2D eigenvalue weighted by molar-refractivity contribution is 5.24. The number of hydrogen-bond donors (Lipinski definition) is 2. The smallest absolute Gasteiger partial charge is 0.144 e. The van der Waals surface area contributed by atoms with Crippen molar-refractivity contribution < 1.29 is 0 Å². The first kappa shape index (κ1) is 11.5. The molecule has 0 saturated carbocycles. The van der Waals surface area contributed by atoms with Gasteiger partial charge in [0.05, 0.1) is 6.54 Å². The lowest BCUT2D eigenvalue weighted by Crippen LogP contribution is -2.18. The van der Waals surface area contributed by atoms with E-state index >= 15 is 0 Å². The molecule has 0 spiro atoms. The number of nitrogen functional groups attached to an aromatic ring is 1. The minimum atomic E-state index is 0.514. The molecular weight excluding hydrogens is 212 g/mol. The minimum Gasteiger partial charge on any atom is -0.384 e. The van der Waals surface area contributed by atoms with Crippen LogP contribution in [-0.2, 0) is 13.0 Å². The molecule has 0 aliphatic carbocycles. The van der Waals surface area contributed by atoms with Gasteiger partial charge in [-0.15, -0.1) is 0 Å². The average molecular weight is 228 g/mol. The molecule has 4 nitrogen and oxygen atoms in total. The van der Waals surface area contributed by atoms with E-state index in [-0.39, 0.29) is 0 Å². The second-order valence-corrected chi connectivity index (χ2v) is 3.81. The molecule has 0 fully saturated rings. The van der Waals surface area contributed by atoms with E-state index in [9.17, 15) is 0 Å². The minimum absolute atomic E-state index is 0.514. The summed E-state index contributed by atoms with van der Waals surface area (Å²) in [4.78, 5) is 8.25. The first-order valence-corrected chi connectivity index (χ1v) is 5.66. The van der Waals surface area contributed by atoms with Gasteiger partial charge < -0.3 is 11.1 Å². The predicted molar refractivity (Wildman–Crippen MR) is 68.3 cm³/mol. The second kappa shape index (κ2) is 5.96. The lowest BCUT2D eigenvalue weighted by molar-refractivity contribution is 0.660. The molecule has 1 aromatic carbocycles. The van der Waals surface area contributed by atoms with Gasteiger partial charge in [-0.3, -0.25) is 0 Å². The van der Waals surface area contributed by atoms with E-state index in [1.807, 2.05) is 6.07 Å². The van der Waals surface area contributed by atoms with Crippen molar-refractivity contribution in [3.05, 3.63) is 54.0 Å². The van der Waals surface area contributed by atoms with Gasteiger partial charge in [-0.25, -0.2) is 9.97 Å². The Morgan fingerprint density at radius 2 is 1.94 bits per heavy atom. The van der Waals surface area contributed by atoms with Crippen LogP contribution in [0.25, 0.3) is 0 Å². The van der Waals surface area contributed by atoms with Gasteiger partial charge in [0.25, 0.3) is 0 Å². The van der Waals surface area contributed by atoms with Crippen molar-refractivity contribution in [1.82, 2.24) is 15.3 Å². The van der Waals surface area contributed by atoms with Crippen LogP contribution in [0.3, 0.4) is 0 Å². The molecule has 0 radical (unpaired) electrons. The van der Waals surface area contributed by atoms with Crippen molar-refractivity contribution in [2.45, 2.75) is 13.0 Å². The fourth-order valence-electron chi connectivity index (χ4n) is 1.58. The average Bonchev–Trinajstić information content (AvgIpc) is 2.36. The summed E-state index contributed by atoms with van der Waals surface area (Å²) in [6.07, 6.45) is 2.68. The molecule has 0 amide bonds. The Bertz CT molecular complexity index is 456. The highest BCUT2D eigenvalue weighted by Crippen LogP contribution is 1.99. The molecule has 2 rings (SSSR count). The molecule has 2 aromatic rings. The van der Waals surface area contributed by atoms with Crippen LogP contribution in [0.15, 0.2) is 42.6 Å². The number of benzene rings is 1. The van der Waals surface area contributed by atoms with E-state index in [1.165, 1.54) is 5.56 Å². The van der Waals surface area contributed by atoms with Crippen molar-refractivity contribution in [2.24, 2.45) is 0 Å². The number of nitrogens with one attached hydrogen (secondary N) is 1. The van der Waals surface area contributed by atoms with Gasteiger partial charge in [-0.2, -0.15) is 0 Å². The summed E-state index contributed by atoms with van der Waals surface area (Å²) in [6, 6.07) is 12.1. The van der Waals surface area contributed by atoms with Crippen LogP contribution in [0.2, 0.25) is 0 Å². The molecule has 0 saturated heterocycles. The van der Waals surface area contributed by atoms with Crippen LogP contribution in [0, 0.1) is 0 Å². The molecule has 88 valence electrons. The summed E-state index contributed by atoms with van der Waals surface area (Å²) >= 11 is 0. The van der Waals surface area contributed by atoms with Crippen LogP contribution in [-0.4, -0.2) is 16.5 Å². The summed E-state index contributed by atoms with van der Waals surface area (Å²) in [7, 11) is 0. The van der Waals surface area contributed by atoms with E-state index in [2.05, 4.69) is 39.6 Å². The maximum absolute atomic E-state index is 5.58. The third-order valence-electron chi connectivity index (χ3n) is 2.44. The van der Waals surface area contributed by atoms with E-state index in [4.69, 9.17) is 5.73 Å². The monoisotopic (exact) mass is 228 g/mol. The zero-order chi connectivity index (χ0) is 11.9. The number of rotatable bonds is 5. The number of aromatic nitrogens is 2. The second-order valence-electron chi connectivity index (χ2n) is 3.81. The first-order valence-electron chi connectivity index (χ1n) is 5.66. The summed E-state index contributed by atoms with van der Waals surface area (Å²) < 4.78 is 0. The SMILES string of the molecule is Nc1ccnc(CNCCc2ccccc2)n1. The molecule has 0 unspecified atom stereocenters. The van der Waals surface area contributed by atoms with Crippen LogP contribution in [0.1, 0.15) is 11.4 Å². The van der Waals surface area contributed by atoms with Crippen molar-refractivity contribution in [1.29, 1.82) is 0 Å². The number of hydrogen-bond acceptors (Lipinski definition) is 4. The summed E-state index contributed by atoms with van der Waals surface area (Å²) in [5.74, 6) is 1.25. The lowest BCUT2D eigenvalue weighted by Gasteiger charge is -2.04. The van der Waals surface area contributed by atoms with Crippen molar-refractivity contribution in [3.63, 3.8) is 0 Å². The highest BCUT2D eigenvalue weighted by Gasteiger charge is 1.96. The van der Waals surface area contributed by atoms with E-state index in [0.717, 1.165) is 18.8 Å². The third kappa shape index (κ3) is 3.85. The zero-order valence-corrected chi connectivity index (χ0v) is 9.63. The summed E-state index contributed by atoms with van der Waals surface area (Å²) in [5, 5.41) is 3.30. The van der Waals surface area contributed by atoms with Crippen LogP contribution >= 0.6 is 0 Å². The van der Waals surface area contributed by atoms with Crippen LogP contribution < -0.4 is 11.1 Å². The molecule has 0 bridgehead atoms. The number of nitrogens with zero attached hydrogens (tertiary/aromatic N) is 2. The Balaban J connectivity index is 1.73. The maximum Gasteiger partial charge on any atom is 0.144 e. The predicted octanol–water partition coefficient (Wildman–Crippen LogP) is 1.39. The quantitative estimate of drug-likeness (QED) is 0.759.